The van der Waals surface area contributed by atoms with E-state index >= 15 is 0 Å². The van der Waals surface area contributed by atoms with E-state index in [-0.39, 0.29) is 40.5 Å². The third-order valence-electron chi connectivity index (χ3n) is 11.3. The van der Waals surface area contributed by atoms with E-state index in [1.165, 1.54) is 77.9 Å². The molecule has 0 heterocycles. The van der Waals surface area contributed by atoms with Crippen LogP contribution in [0.4, 0.5) is 0 Å². The number of hydrogen-bond donors (Lipinski definition) is 0. The van der Waals surface area contributed by atoms with Crippen molar-refractivity contribution < 1.29 is 0 Å². The Labute approximate surface area is 433 Å². The zero-order valence-electron chi connectivity index (χ0n) is 43.6. The lowest BCUT2D eigenvalue weighted by molar-refractivity contribution is 0.768. The van der Waals surface area contributed by atoms with Crippen molar-refractivity contribution in [2.45, 2.75) is 151 Å². The van der Waals surface area contributed by atoms with Gasteiger partial charge >= 0.3 is 0 Å². The van der Waals surface area contributed by atoms with Crippen LogP contribution in [0.5, 0.6) is 0 Å². The fourth-order valence-corrected chi connectivity index (χ4v) is 9.45. The Morgan fingerprint density at radius 3 is 0.500 bits per heavy atom. The topological polar surface area (TPSA) is 0 Å². The number of benzene rings is 8. The monoisotopic (exact) mass is 939 g/mol. The van der Waals surface area contributed by atoms with Gasteiger partial charge in [0.25, 0.3) is 0 Å². The molecular formula is C70H98. The van der Waals surface area contributed by atoms with Gasteiger partial charge in [0.1, 0.15) is 0 Å². The number of hydrogen-bond acceptors (Lipinski definition) is 0. The van der Waals surface area contributed by atoms with Crippen LogP contribution in [-0.2, 0) is 10.8 Å². The van der Waals surface area contributed by atoms with Gasteiger partial charge in [0.2, 0.25) is 0 Å². The van der Waals surface area contributed by atoms with Gasteiger partial charge in [0, 0.05) is 0 Å². The van der Waals surface area contributed by atoms with Gasteiger partial charge in [-0.3, -0.25) is 0 Å². The summed E-state index contributed by atoms with van der Waals surface area (Å²) in [6.07, 6.45) is 0. The van der Waals surface area contributed by atoms with Gasteiger partial charge in [0.05, 0.1) is 10.8 Å². The third-order valence-corrected chi connectivity index (χ3v) is 11.3. The smallest absolute Gasteiger partial charge is 0.0725 e. The summed E-state index contributed by atoms with van der Waals surface area (Å²) in [4.78, 5) is 0. The maximum atomic E-state index is 2.31. The average molecular weight is 940 g/mol. The highest BCUT2D eigenvalue weighted by molar-refractivity contribution is 5.95. The van der Waals surface area contributed by atoms with Crippen LogP contribution in [-0.4, -0.2) is 0 Å². The maximum absolute atomic E-state index is 2.31. The molecule has 0 atom stereocenters. The van der Waals surface area contributed by atoms with E-state index in [9.17, 15) is 0 Å². The molecule has 70 heavy (non-hydrogen) atoms. The minimum absolute atomic E-state index is 0. The zero-order chi connectivity index (χ0) is 49.1. The Morgan fingerprint density at radius 1 is 0.171 bits per heavy atom. The minimum atomic E-state index is -0.254. The van der Waals surface area contributed by atoms with Gasteiger partial charge in [-0.25, -0.2) is 0 Å². The Kier molecular flexibility index (Phi) is 34.8. The molecular weight excluding hydrogens is 841 g/mol. The molecule has 0 heteroatoms. The Morgan fingerprint density at radius 2 is 0.314 bits per heavy atom. The second kappa shape index (κ2) is 35.8. The average Bonchev–Trinajstić information content (AvgIpc) is 4.04. The summed E-state index contributed by atoms with van der Waals surface area (Å²) in [5.74, 6) is 0. The van der Waals surface area contributed by atoms with Crippen LogP contribution in [0.15, 0.2) is 206 Å². The number of fused-ring (bicyclic) bond motifs is 13. The molecule has 1 spiro atoms. The first-order chi connectivity index (χ1) is 32.8. The van der Waals surface area contributed by atoms with E-state index < -0.39 is 0 Å². The molecule has 8 aromatic carbocycles. The normalized spacial score (nSPS) is 10.9. The lowest BCUT2D eigenvalue weighted by Gasteiger charge is -2.33. The van der Waals surface area contributed by atoms with Crippen LogP contribution in [0, 0.1) is 0 Å². The van der Waals surface area contributed by atoms with E-state index in [4.69, 9.17) is 0 Å². The molecule has 0 nitrogen and oxygen atoms in total. The van der Waals surface area contributed by atoms with Crippen molar-refractivity contribution in [3.05, 3.63) is 251 Å². The Bertz CT molecular complexity index is 2140. The molecule has 0 saturated carbocycles. The van der Waals surface area contributed by atoms with Gasteiger partial charge in [0.15, 0.2) is 0 Å². The van der Waals surface area contributed by atoms with Crippen molar-refractivity contribution in [3.63, 3.8) is 0 Å². The highest BCUT2D eigenvalue weighted by atomic mass is 14.5. The van der Waals surface area contributed by atoms with Crippen LogP contribution in [0.2, 0.25) is 0 Å². The largest absolute Gasteiger partial charge is 0.0776 e. The molecule has 3 aliphatic carbocycles. The second-order valence-corrected chi connectivity index (χ2v) is 13.5. The predicted molar refractivity (Wildman–Crippen MR) is 324 cm³/mol. The fraction of sp³-hybridized carbons (Fsp3) is 0.314. The SMILES string of the molecule is C.C.C.C.CC.CC.CC.CC.CC.CC.CC.CC.c1ccc(C2(c3ccccc3)c3ccccc3-c3ccccc32)cc1.c1ccc2c(c1)-c1ccccc1C21c2ccccc2-c2ccccc21. The Hall–Kier alpha value is -6.24. The highest BCUT2D eigenvalue weighted by Gasteiger charge is 2.51. The molecule has 0 unspecified atom stereocenters. The van der Waals surface area contributed by atoms with Crippen LogP contribution in [0.25, 0.3) is 33.4 Å². The van der Waals surface area contributed by atoms with Gasteiger partial charge in [-0.1, -0.05) is 347 Å². The molecule has 0 saturated heterocycles. The molecule has 0 bridgehead atoms. The van der Waals surface area contributed by atoms with Crippen LogP contribution in [0.1, 0.15) is 185 Å². The molecule has 3 aliphatic rings. The van der Waals surface area contributed by atoms with Gasteiger partial charge in [-0.05, 0) is 77.9 Å². The summed E-state index contributed by atoms with van der Waals surface area (Å²) in [6.45, 7) is 32.0. The van der Waals surface area contributed by atoms with Crippen molar-refractivity contribution in [1.82, 2.24) is 0 Å². The summed E-state index contributed by atoms with van der Waals surface area (Å²) in [5, 5.41) is 0. The number of rotatable bonds is 2. The minimum Gasteiger partial charge on any atom is -0.0776 e. The molecule has 11 rings (SSSR count). The van der Waals surface area contributed by atoms with Crippen LogP contribution < -0.4 is 0 Å². The van der Waals surface area contributed by atoms with Gasteiger partial charge in [-0.2, -0.15) is 0 Å². The van der Waals surface area contributed by atoms with Crippen molar-refractivity contribution in [1.29, 1.82) is 0 Å². The first-order valence-electron chi connectivity index (χ1n) is 25.5. The van der Waals surface area contributed by atoms with Crippen molar-refractivity contribution in [2.75, 3.05) is 0 Å². The standard InChI is InChI=1S/C25H16.C25H18.8C2H6.4CH4/c1-5-13-21-17(9-1)18-10-2-6-14-22(18)25(21)23-15-7-3-11-19(23)20-12-4-8-16-24(20)25;1-3-11-19(12-4-1)25(20-13-5-2-6-14-20)23-17-9-7-15-21(23)22-16-8-10-18-24(22)25;8*1-2;;;;/h1-16H;1-18H;8*1-2H3;4*1H4. The highest BCUT2D eigenvalue weighted by Crippen LogP contribution is 2.62. The summed E-state index contributed by atoms with van der Waals surface area (Å²) >= 11 is 0. The fourth-order valence-electron chi connectivity index (χ4n) is 9.45. The van der Waals surface area contributed by atoms with E-state index in [0.717, 1.165) is 0 Å². The summed E-state index contributed by atoms with van der Waals surface area (Å²) in [7, 11) is 0. The van der Waals surface area contributed by atoms with Gasteiger partial charge in [-0.15, -0.1) is 0 Å². The van der Waals surface area contributed by atoms with E-state index in [0.29, 0.717) is 0 Å². The van der Waals surface area contributed by atoms with E-state index in [1.54, 1.807) is 0 Å². The molecule has 0 fully saturated rings. The summed E-state index contributed by atoms with van der Waals surface area (Å²) < 4.78 is 0. The second-order valence-electron chi connectivity index (χ2n) is 13.5. The quantitative estimate of drug-likeness (QED) is 0.162. The van der Waals surface area contributed by atoms with Gasteiger partial charge < -0.3 is 0 Å². The first kappa shape index (κ1) is 68.0. The van der Waals surface area contributed by atoms with E-state index in [1.807, 2.05) is 111 Å². The summed E-state index contributed by atoms with van der Waals surface area (Å²) in [5.41, 5.74) is 18.7. The zero-order valence-corrected chi connectivity index (χ0v) is 43.6. The van der Waals surface area contributed by atoms with E-state index in [2.05, 4.69) is 206 Å². The van der Waals surface area contributed by atoms with Crippen molar-refractivity contribution >= 4 is 0 Å². The lowest BCUT2D eigenvalue weighted by Crippen LogP contribution is -2.28. The van der Waals surface area contributed by atoms with Crippen molar-refractivity contribution in [3.8, 4) is 33.4 Å². The molecule has 0 radical (unpaired) electrons. The molecule has 378 valence electrons. The first-order valence-corrected chi connectivity index (χ1v) is 25.5. The molecule has 0 N–H and O–H groups in total. The molecule has 0 amide bonds. The lowest BCUT2D eigenvalue weighted by atomic mass is 9.68. The predicted octanol–water partition coefficient (Wildman–Crippen LogP) is 22.8. The van der Waals surface area contributed by atoms with Crippen molar-refractivity contribution in [2.24, 2.45) is 0 Å². The summed E-state index contributed by atoms with van der Waals surface area (Å²) in [6, 6.07) is 75.1. The van der Waals surface area contributed by atoms with Crippen LogP contribution >= 0.6 is 0 Å². The molecule has 8 aromatic rings. The molecule has 0 aromatic heterocycles. The Balaban J connectivity index is -0.000000957. The molecule has 0 aliphatic heterocycles. The third kappa shape index (κ3) is 12.4. The maximum Gasteiger partial charge on any atom is 0.0725 e. The van der Waals surface area contributed by atoms with Crippen LogP contribution in [0.3, 0.4) is 0 Å².